The van der Waals surface area contributed by atoms with E-state index in [1.165, 1.54) is 4.88 Å². The van der Waals surface area contributed by atoms with Crippen LogP contribution in [0.1, 0.15) is 57.4 Å². The van der Waals surface area contributed by atoms with Crippen LogP contribution in [-0.4, -0.2) is 34.0 Å². The minimum atomic E-state index is 0.0496. The highest BCUT2D eigenvalue weighted by atomic mass is 32.1. The highest BCUT2D eigenvalue weighted by Gasteiger charge is 2.30. The summed E-state index contributed by atoms with van der Waals surface area (Å²) >= 11 is 1.74. The summed E-state index contributed by atoms with van der Waals surface area (Å²) in [6, 6.07) is 0. The van der Waals surface area contributed by atoms with Gasteiger partial charge in [0.2, 0.25) is 0 Å². The lowest BCUT2D eigenvalue weighted by Crippen LogP contribution is -2.39. The van der Waals surface area contributed by atoms with Crippen LogP contribution in [0.25, 0.3) is 0 Å². The molecule has 5 nitrogen and oxygen atoms in total. The first kappa shape index (κ1) is 15.2. The van der Waals surface area contributed by atoms with Gasteiger partial charge in [-0.1, -0.05) is 12.1 Å². The van der Waals surface area contributed by atoms with E-state index in [0.29, 0.717) is 23.7 Å². The first-order valence-electron chi connectivity index (χ1n) is 7.77. The number of hydrogen-bond donors (Lipinski definition) is 0. The van der Waals surface area contributed by atoms with E-state index in [2.05, 4.69) is 17.1 Å². The Bertz CT molecular complexity index is 677. The number of carbonyl (C=O) groups excluding carboxylic acids is 1. The summed E-state index contributed by atoms with van der Waals surface area (Å²) in [6.07, 6.45) is 4.74. The highest BCUT2D eigenvalue weighted by molar-refractivity contribution is 7.11. The lowest BCUT2D eigenvalue weighted by atomic mass is 9.97. The summed E-state index contributed by atoms with van der Waals surface area (Å²) < 4.78 is 5.21. The van der Waals surface area contributed by atoms with Gasteiger partial charge in [0.15, 0.2) is 0 Å². The fourth-order valence-corrected chi connectivity index (χ4v) is 3.92. The molecule has 1 aliphatic heterocycles. The van der Waals surface area contributed by atoms with Gasteiger partial charge in [-0.15, -0.1) is 11.3 Å². The first-order valence-corrected chi connectivity index (χ1v) is 8.58. The molecule has 0 spiro atoms. The van der Waals surface area contributed by atoms with Gasteiger partial charge < -0.3 is 9.42 Å². The molecule has 1 aliphatic rings. The van der Waals surface area contributed by atoms with E-state index in [0.717, 1.165) is 36.6 Å². The number of likely N-dealkylation sites (tertiary alicyclic amines) is 1. The molecular weight excluding hydrogens is 298 g/mol. The lowest BCUT2D eigenvalue weighted by molar-refractivity contribution is 0.0704. The summed E-state index contributed by atoms with van der Waals surface area (Å²) in [6.45, 7) is 7.41. The molecule has 0 aliphatic carbocycles. The SMILES string of the molecule is CCc1noc(C)c1C(=O)N1CCCC(c2ncc(C)s2)C1. The molecule has 1 unspecified atom stereocenters. The van der Waals surface area contributed by atoms with Crippen molar-refractivity contribution in [2.24, 2.45) is 0 Å². The smallest absolute Gasteiger partial charge is 0.259 e. The second kappa shape index (κ2) is 6.20. The van der Waals surface area contributed by atoms with Gasteiger partial charge in [-0.2, -0.15) is 0 Å². The van der Waals surface area contributed by atoms with Gasteiger partial charge in [0.1, 0.15) is 11.3 Å². The van der Waals surface area contributed by atoms with Crippen molar-refractivity contribution in [3.05, 3.63) is 33.1 Å². The molecule has 3 heterocycles. The fourth-order valence-electron chi connectivity index (χ4n) is 3.02. The minimum Gasteiger partial charge on any atom is -0.361 e. The van der Waals surface area contributed by atoms with Crippen LogP contribution >= 0.6 is 11.3 Å². The van der Waals surface area contributed by atoms with Crippen molar-refractivity contribution >= 4 is 17.2 Å². The molecule has 2 aromatic heterocycles. The third-order valence-corrected chi connectivity index (χ3v) is 5.25. The van der Waals surface area contributed by atoms with Crippen LogP contribution in [-0.2, 0) is 6.42 Å². The standard InChI is InChI=1S/C16H21N3O2S/c1-4-13-14(11(3)21-18-13)16(20)19-7-5-6-12(9-19)15-17-8-10(2)22-15/h8,12H,4-7,9H2,1-3H3. The van der Waals surface area contributed by atoms with Gasteiger partial charge in [-0.25, -0.2) is 4.98 Å². The lowest BCUT2D eigenvalue weighted by Gasteiger charge is -2.31. The Morgan fingerprint density at radius 2 is 2.32 bits per heavy atom. The maximum Gasteiger partial charge on any atom is 0.259 e. The van der Waals surface area contributed by atoms with Gasteiger partial charge in [0.25, 0.3) is 5.91 Å². The van der Waals surface area contributed by atoms with Crippen LogP contribution in [0.15, 0.2) is 10.7 Å². The molecule has 1 atom stereocenters. The maximum atomic E-state index is 12.9. The van der Waals surface area contributed by atoms with E-state index < -0.39 is 0 Å². The third-order valence-electron chi connectivity index (χ3n) is 4.18. The molecule has 3 rings (SSSR count). The van der Waals surface area contributed by atoms with Gasteiger partial charge in [-0.3, -0.25) is 4.79 Å². The predicted octanol–water partition coefficient (Wildman–Crippen LogP) is 3.33. The van der Waals surface area contributed by atoms with Crippen molar-refractivity contribution in [2.75, 3.05) is 13.1 Å². The number of aryl methyl sites for hydroxylation is 3. The monoisotopic (exact) mass is 319 g/mol. The van der Waals surface area contributed by atoms with Crippen molar-refractivity contribution in [1.29, 1.82) is 0 Å². The molecule has 0 aromatic carbocycles. The Kier molecular flexibility index (Phi) is 4.29. The summed E-state index contributed by atoms with van der Waals surface area (Å²) in [7, 11) is 0. The van der Waals surface area contributed by atoms with Crippen LogP contribution in [0.5, 0.6) is 0 Å². The summed E-state index contributed by atoms with van der Waals surface area (Å²) in [4.78, 5) is 20.5. The van der Waals surface area contributed by atoms with E-state index >= 15 is 0 Å². The van der Waals surface area contributed by atoms with Crippen LogP contribution in [0, 0.1) is 13.8 Å². The van der Waals surface area contributed by atoms with Gasteiger partial charge in [0, 0.05) is 30.1 Å². The highest BCUT2D eigenvalue weighted by Crippen LogP contribution is 2.31. The predicted molar refractivity (Wildman–Crippen MR) is 85.3 cm³/mol. The van der Waals surface area contributed by atoms with Crippen molar-refractivity contribution < 1.29 is 9.32 Å². The second-order valence-electron chi connectivity index (χ2n) is 5.81. The fraction of sp³-hybridized carbons (Fsp3) is 0.562. The van der Waals surface area contributed by atoms with Crippen molar-refractivity contribution in [1.82, 2.24) is 15.0 Å². The molecule has 22 heavy (non-hydrogen) atoms. The van der Waals surface area contributed by atoms with E-state index in [1.807, 2.05) is 24.9 Å². The largest absolute Gasteiger partial charge is 0.361 e. The van der Waals surface area contributed by atoms with Gasteiger partial charge in [0.05, 0.1) is 10.7 Å². The third kappa shape index (κ3) is 2.79. The average molecular weight is 319 g/mol. The number of nitrogens with zero attached hydrogens (tertiary/aromatic N) is 3. The zero-order chi connectivity index (χ0) is 15.7. The number of aromatic nitrogens is 2. The summed E-state index contributed by atoms with van der Waals surface area (Å²) in [5.74, 6) is 1.02. The number of thiazole rings is 1. The number of rotatable bonds is 3. The number of piperidine rings is 1. The Morgan fingerprint density at radius 1 is 1.50 bits per heavy atom. The average Bonchev–Trinajstić information content (AvgIpc) is 3.12. The van der Waals surface area contributed by atoms with Crippen LogP contribution in [0.3, 0.4) is 0 Å². The van der Waals surface area contributed by atoms with Crippen molar-refractivity contribution in [2.45, 2.75) is 46.0 Å². The molecular formula is C16H21N3O2S. The maximum absolute atomic E-state index is 12.9. The zero-order valence-corrected chi connectivity index (χ0v) is 14.1. The molecule has 1 fully saturated rings. The molecule has 1 saturated heterocycles. The molecule has 0 N–H and O–H groups in total. The Morgan fingerprint density at radius 3 is 3.00 bits per heavy atom. The molecule has 0 bridgehead atoms. The Balaban J connectivity index is 1.79. The quantitative estimate of drug-likeness (QED) is 0.870. The minimum absolute atomic E-state index is 0.0496. The second-order valence-corrected chi connectivity index (χ2v) is 7.08. The van der Waals surface area contributed by atoms with Crippen LogP contribution in [0.4, 0.5) is 0 Å². The molecule has 0 saturated carbocycles. The van der Waals surface area contributed by atoms with E-state index in [4.69, 9.17) is 4.52 Å². The van der Waals surface area contributed by atoms with E-state index in [1.54, 1.807) is 11.3 Å². The van der Waals surface area contributed by atoms with E-state index in [9.17, 15) is 4.79 Å². The molecule has 0 radical (unpaired) electrons. The molecule has 6 heteroatoms. The Hall–Kier alpha value is -1.69. The van der Waals surface area contributed by atoms with Crippen LogP contribution < -0.4 is 0 Å². The number of carbonyl (C=O) groups is 1. The number of amides is 1. The van der Waals surface area contributed by atoms with Crippen molar-refractivity contribution in [3.63, 3.8) is 0 Å². The van der Waals surface area contributed by atoms with Crippen molar-refractivity contribution in [3.8, 4) is 0 Å². The normalized spacial score (nSPS) is 18.7. The molecule has 118 valence electrons. The van der Waals surface area contributed by atoms with Gasteiger partial charge in [-0.05, 0) is 33.1 Å². The summed E-state index contributed by atoms with van der Waals surface area (Å²) in [5, 5.41) is 5.14. The first-order chi connectivity index (χ1) is 10.6. The van der Waals surface area contributed by atoms with E-state index in [-0.39, 0.29) is 5.91 Å². The topological polar surface area (TPSA) is 59.2 Å². The molecule has 1 amide bonds. The Labute approximate surface area is 134 Å². The summed E-state index contributed by atoms with van der Waals surface area (Å²) in [5.41, 5.74) is 1.41. The number of hydrogen-bond acceptors (Lipinski definition) is 5. The molecule has 2 aromatic rings. The zero-order valence-electron chi connectivity index (χ0n) is 13.3. The van der Waals surface area contributed by atoms with Gasteiger partial charge >= 0.3 is 0 Å². The van der Waals surface area contributed by atoms with Crippen LogP contribution in [0.2, 0.25) is 0 Å².